The Morgan fingerprint density at radius 2 is 2.06 bits per heavy atom. The Kier molecular flexibility index (Phi) is 3.32. The Balaban J connectivity index is 1.68. The molecule has 0 aliphatic carbocycles. The summed E-state index contributed by atoms with van der Waals surface area (Å²) < 4.78 is 16.0. The van der Waals surface area contributed by atoms with Gasteiger partial charge in [-0.1, -0.05) is 5.16 Å². The molecule has 0 bridgehead atoms. The van der Waals surface area contributed by atoms with E-state index < -0.39 is 5.54 Å². The molecule has 0 saturated carbocycles. The highest BCUT2D eigenvalue weighted by atomic mass is 16.5. The fourth-order valence-electron chi connectivity index (χ4n) is 2.49. The van der Waals surface area contributed by atoms with Gasteiger partial charge in [-0.2, -0.15) is 4.98 Å². The standard InChI is InChI=1S/C12H19N3O3/c13-12(2-5-16-6-3-12)11-14-10(15-18-11)7-9-1-4-17-8-9/h9H,1-8,13H2. The van der Waals surface area contributed by atoms with Gasteiger partial charge in [-0.3, -0.25) is 0 Å². The zero-order valence-electron chi connectivity index (χ0n) is 10.4. The maximum Gasteiger partial charge on any atom is 0.246 e. The summed E-state index contributed by atoms with van der Waals surface area (Å²) in [6.07, 6.45) is 3.36. The molecule has 2 aliphatic rings. The van der Waals surface area contributed by atoms with E-state index >= 15 is 0 Å². The van der Waals surface area contributed by atoms with Gasteiger partial charge in [-0.25, -0.2) is 0 Å². The van der Waals surface area contributed by atoms with Crippen molar-refractivity contribution in [1.29, 1.82) is 0 Å². The van der Waals surface area contributed by atoms with Crippen LogP contribution in [-0.4, -0.2) is 36.6 Å². The molecule has 2 aliphatic heterocycles. The van der Waals surface area contributed by atoms with Crippen LogP contribution in [0.5, 0.6) is 0 Å². The summed E-state index contributed by atoms with van der Waals surface area (Å²) in [5, 5.41) is 4.04. The van der Waals surface area contributed by atoms with Gasteiger partial charge in [-0.15, -0.1) is 0 Å². The van der Waals surface area contributed by atoms with E-state index in [4.69, 9.17) is 19.7 Å². The summed E-state index contributed by atoms with van der Waals surface area (Å²) in [6.45, 7) is 2.95. The van der Waals surface area contributed by atoms with Crippen molar-refractivity contribution in [3.63, 3.8) is 0 Å². The molecular weight excluding hydrogens is 234 g/mol. The van der Waals surface area contributed by atoms with Crippen molar-refractivity contribution < 1.29 is 14.0 Å². The molecule has 1 atom stereocenters. The molecule has 0 aromatic carbocycles. The normalized spacial score (nSPS) is 27.5. The van der Waals surface area contributed by atoms with Crippen LogP contribution in [0.2, 0.25) is 0 Å². The van der Waals surface area contributed by atoms with Crippen molar-refractivity contribution in [1.82, 2.24) is 10.1 Å². The summed E-state index contributed by atoms with van der Waals surface area (Å²) in [7, 11) is 0. The van der Waals surface area contributed by atoms with Gasteiger partial charge in [0.1, 0.15) is 5.54 Å². The zero-order valence-corrected chi connectivity index (χ0v) is 10.4. The Morgan fingerprint density at radius 1 is 1.22 bits per heavy atom. The van der Waals surface area contributed by atoms with Gasteiger partial charge in [0.25, 0.3) is 0 Å². The highest BCUT2D eigenvalue weighted by molar-refractivity contribution is 5.04. The first-order valence-corrected chi connectivity index (χ1v) is 6.54. The molecule has 1 aromatic rings. The minimum absolute atomic E-state index is 0.504. The van der Waals surface area contributed by atoms with Gasteiger partial charge < -0.3 is 19.7 Å². The monoisotopic (exact) mass is 253 g/mol. The summed E-state index contributed by atoms with van der Waals surface area (Å²) in [6, 6.07) is 0. The molecule has 2 fully saturated rings. The first-order chi connectivity index (χ1) is 8.76. The first kappa shape index (κ1) is 12.1. The number of hydrogen-bond acceptors (Lipinski definition) is 6. The maximum absolute atomic E-state index is 6.30. The van der Waals surface area contributed by atoms with Gasteiger partial charge >= 0.3 is 0 Å². The first-order valence-electron chi connectivity index (χ1n) is 6.54. The third-order valence-electron chi connectivity index (χ3n) is 3.77. The third-order valence-corrected chi connectivity index (χ3v) is 3.77. The number of ether oxygens (including phenoxy) is 2. The predicted octanol–water partition coefficient (Wildman–Crippen LogP) is 0.613. The molecular formula is C12H19N3O3. The van der Waals surface area contributed by atoms with E-state index in [2.05, 4.69) is 10.1 Å². The van der Waals surface area contributed by atoms with Crippen LogP contribution in [-0.2, 0) is 21.4 Å². The molecule has 2 saturated heterocycles. The third kappa shape index (κ3) is 2.41. The van der Waals surface area contributed by atoms with Crippen molar-refractivity contribution in [3.05, 3.63) is 11.7 Å². The van der Waals surface area contributed by atoms with Crippen molar-refractivity contribution in [2.75, 3.05) is 26.4 Å². The molecule has 6 nitrogen and oxygen atoms in total. The Hall–Kier alpha value is -0.980. The number of aromatic nitrogens is 2. The molecule has 1 unspecified atom stereocenters. The van der Waals surface area contributed by atoms with E-state index in [-0.39, 0.29) is 0 Å². The van der Waals surface area contributed by atoms with Gasteiger partial charge in [0.2, 0.25) is 5.89 Å². The lowest BCUT2D eigenvalue weighted by Gasteiger charge is -2.29. The molecule has 0 amide bonds. The Labute approximate surface area is 106 Å². The van der Waals surface area contributed by atoms with Crippen LogP contribution < -0.4 is 5.73 Å². The van der Waals surface area contributed by atoms with Crippen LogP contribution in [0, 0.1) is 5.92 Å². The number of rotatable bonds is 3. The van der Waals surface area contributed by atoms with Crippen molar-refractivity contribution >= 4 is 0 Å². The molecule has 1 aromatic heterocycles. The molecule has 0 spiro atoms. The number of nitrogens with zero attached hydrogens (tertiary/aromatic N) is 2. The van der Waals surface area contributed by atoms with E-state index in [1.165, 1.54) is 0 Å². The second kappa shape index (κ2) is 4.95. The fraction of sp³-hybridized carbons (Fsp3) is 0.833. The van der Waals surface area contributed by atoms with Crippen LogP contribution in [0.4, 0.5) is 0 Å². The number of hydrogen-bond donors (Lipinski definition) is 1. The van der Waals surface area contributed by atoms with E-state index in [1.807, 2.05) is 0 Å². The zero-order chi connectivity index (χ0) is 12.4. The summed E-state index contributed by atoms with van der Waals surface area (Å²) in [5.74, 6) is 1.82. The van der Waals surface area contributed by atoms with Gasteiger partial charge in [0, 0.05) is 32.8 Å². The van der Waals surface area contributed by atoms with Gasteiger partial charge in [0.05, 0.1) is 0 Å². The number of nitrogens with two attached hydrogens (primary N) is 1. The second-order valence-corrected chi connectivity index (χ2v) is 5.22. The maximum atomic E-state index is 6.30. The lowest BCUT2D eigenvalue weighted by molar-refractivity contribution is 0.0400. The Bertz CT molecular complexity index is 395. The smallest absolute Gasteiger partial charge is 0.246 e. The quantitative estimate of drug-likeness (QED) is 0.850. The molecule has 3 heterocycles. The highest BCUT2D eigenvalue weighted by Crippen LogP contribution is 2.28. The van der Waals surface area contributed by atoms with E-state index in [1.54, 1.807) is 0 Å². The molecule has 3 rings (SSSR count). The van der Waals surface area contributed by atoms with Crippen LogP contribution in [0.15, 0.2) is 4.52 Å². The van der Waals surface area contributed by atoms with Crippen molar-refractivity contribution in [2.45, 2.75) is 31.2 Å². The molecule has 18 heavy (non-hydrogen) atoms. The van der Waals surface area contributed by atoms with Crippen LogP contribution in [0.1, 0.15) is 31.0 Å². The summed E-state index contributed by atoms with van der Waals surface area (Å²) in [5.41, 5.74) is 5.80. The SMILES string of the molecule is NC1(c2nc(CC3CCOC3)no2)CCOCC1. The summed E-state index contributed by atoms with van der Waals surface area (Å²) in [4.78, 5) is 4.46. The predicted molar refractivity (Wildman–Crippen MR) is 62.8 cm³/mol. The van der Waals surface area contributed by atoms with Gasteiger partial charge in [0.15, 0.2) is 5.82 Å². The molecule has 100 valence electrons. The van der Waals surface area contributed by atoms with E-state index in [9.17, 15) is 0 Å². The molecule has 0 radical (unpaired) electrons. The fourth-order valence-corrected chi connectivity index (χ4v) is 2.49. The topological polar surface area (TPSA) is 83.4 Å². The van der Waals surface area contributed by atoms with E-state index in [0.29, 0.717) is 25.0 Å². The Morgan fingerprint density at radius 3 is 2.78 bits per heavy atom. The van der Waals surface area contributed by atoms with Gasteiger partial charge in [-0.05, 0) is 25.2 Å². The van der Waals surface area contributed by atoms with Crippen LogP contribution >= 0.6 is 0 Å². The van der Waals surface area contributed by atoms with Crippen molar-refractivity contribution in [3.8, 4) is 0 Å². The molecule has 2 N–H and O–H groups in total. The average molecular weight is 253 g/mol. The van der Waals surface area contributed by atoms with E-state index in [0.717, 1.165) is 44.7 Å². The van der Waals surface area contributed by atoms with Crippen molar-refractivity contribution in [2.24, 2.45) is 11.7 Å². The second-order valence-electron chi connectivity index (χ2n) is 5.22. The minimum atomic E-state index is -0.504. The van der Waals surface area contributed by atoms with Crippen LogP contribution in [0.25, 0.3) is 0 Å². The lowest BCUT2D eigenvalue weighted by Crippen LogP contribution is -2.42. The van der Waals surface area contributed by atoms with Crippen LogP contribution in [0.3, 0.4) is 0 Å². The average Bonchev–Trinajstić information content (AvgIpc) is 3.02. The molecule has 6 heteroatoms. The summed E-state index contributed by atoms with van der Waals surface area (Å²) >= 11 is 0. The minimum Gasteiger partial charge on any atom is -0.381 e. The highest BCUT2D eigenvalue weighted by Gasteiger charge is 2.36. The largest absolute Gasteiger partial charge is 0.381 e. The lowest BCUT2D eigenvalue weighted by atomic mass is 9.91.